The van der Waals surface area contributed by atoms with Crippen molar-refractivity contribution in [2.75, 3.05) is 7.11 Å². The van der Waals surface area contributed by atoms with Gasteiger partial charge < -0.3 is 9.84 Å². The fourth-order valence-electron chi connectivity index (χ4n) is 2.39. The number of nitrogens with zero attached hydrogens (tertiary/aromatic N) is 1. The molecule has 1 aromatic rings. The molecule has 2 rings (SSSR count). The first-order chi connectivity index (χ1) is 8.15. The van der Waals surface area contributed by atoms with Crippen LogP contribution in [-0.4, -0.2) is 28.9 Å². The van der Waals surface area contributed by atoms with Crippen molar-refractivity contribution in [3.05, 3.63) is 29.0 Å². The second kappa shape index (κ2) is 5.34. The molecule has 0 saturated heterocycles. The van der Waals surface area contributed by atoms with Crippen molar-refractivity contribution >= 4 is 11.6 Å². The molecular formula is C13H18ClNO2. The van der Waals surface area contributed by atoms with E-state index in [1.165, 1.54) is 6.42 Å². The van der Waals surface area contributed by atoms with Crippen LogP contribution in [0.1, 0.15) is 31.2 Å². The van der Waals surface area contributed by atoms with Gasteiger partial charge in [0.1, 0.15) is 0 Å². The van der Waals surface area contributed by atoms with E-state index in [1.54, 1.807) is 19.5 Å². The quantitative estimate of drug-likeness (QED) is 0.880. The Bertz CT molecular complexity index is 374. The van der Waals surface area contributed by atoms with Gasteiger partial charge in [0.25, 0.3) is 0 Å². The number of halogens is 1. The van der Waals surface area contributed by atoms with Crippen LogP contribution in [0.25, 0.3) is 0 Å². The highest BCUT2D eigenvalue weighted by Gasteiger charge is 2.38. The van der Waals surface area contributed by atoms with Crippen LogP contribution in [0.5, 0.6) is 0 Å². The van der Waals surface area contributed by atoms with E-state index in [0.29, 0.717) is 17.9 Å². The number of aliphatic hydroxyl groups excluding tert-OH is 1. The van der Waals surface area contributed by atoms with E-state index in [-0.39, 0.29) is 5.60 Å². The van der Waals surface area contributed by atoms with Crippen LogP contribution < -0.4 is 0 Å². The summed E-state index contributed by atoms with van der Waals surface area (Å²) in [6, 6.07) is 1.85. The maximum Gasteiger partial charge on any atom is 0.0703 e. The van der Waals surface area contributed by atoms with E-state index in [4.69, 9.17) is 16.3 Å². The van der Waals surface area contributed by atoms with E-state index in [9.17, 15) is 5.11 Å². The summed E-state index contributed by atoms with van der Waals surface area (Å²) in [7, 11) is 1.73. The van der Waals surface area contributed by atoms with Crippen LogP contribution in [0.3, 0.4) is 0 Å². The molecule has 17 heavy (non-hydrogen) atoms. The molecule has 0 bridgehead atoms. The number of hydrogen-bond acceptors (Lipinski definition) is 3. The summed E-state index contributed by atoms with van der Waals surface area (Å²) >= 11 is 6.02. The summed E-state index contributed by atoms with van der Waals surface area (Å²) in [5.74, 6) is 0. The van der Waals surface area contributed by atoms with E-state index < -0.39 is 6.10 Å². The topological polar surface area (TPSA) is 42.4 Å². The first kappa shape index (κ1) is 12.8. The minimum atomic E-state index is -0.407. The molecule has 0 aliphatic heterocycles. The molecule has 1 unspecified atom stereocenters. The average molecular weight is 256 g/mol. The van der Waals surface area contributed by atoms with Crippen LogP contribution in [0, 0.1) is 0 Å². The fraction of sp³-hybridized carbons (Fsp3) is 0.615. The smallest absolute Gasteiger partial charge is 0.0703 e. The SMILES string of the molecule is COC1(CC(O)Cc2ccncc2Cl)CCC1. The van der Waals surface area contributed by atoms with Crippen LogP contribution in [0.4, 0.5) is 0 Å². The lowest BCUT2D eigenvalue weighted by atomic mass is 9.75. The number of aromatic nitrogens is 1. The van der Waals surface area contributed by atoms with Gasteiger partial charge in [0, 0.05) is 32.3 Å². The molecule has 1 aromatic heterocycles. The Labute approximate surface area is 107 Å². The highest BCUT2D eigenvalue weighted by Crippen LogP contribution is 2.39. The van der Waals surface area contributed by atoms with Crippen molar-refractivity contribution in [2.45, 2.75) is 43.8 Å². The van der Waals surface area contributed by atoms with Crippen molar-refractivity contribution in [1.82, 2.24) is 4.98 Å². The minimum absolute atomic E-state index is 0.0983. The number of methoxy groups -OCH3 is 1. The zero-order chi connectivity index (χ0) is 12.3. The summed E-state index contributed by atoms with van der Waals surface area (Å²) in [5, 5.41) is 10.7. The second-order valence-corrected chi connectivity index (χ2v) is 5.18. The predicted molar refractivity (Wildman–Crippen MR) is 67.2 cm³/mol. The molecule has 1 aliphatic rings. The van der Waals surface area contributed by atoms with Gasteiger partial charge >= 0.3 is 0 Å². The third-order valence-electron chi connectivity index (χ3n) is 3.62. The number of ether oxygens (including phenoxy) is 1. The van der Waals surface area contributed by atoms with Gasteiger partial charge in [0.15, 0.2) is 0 Å². The lowest BCUT2D eigenvalue weighted by Gasteiger charge is -2.41. The zero-order valence-electron chi connectivity index (χ0n) is 10.0. The standard InChI is InChI=1S/C13H18ClNO2/c1-17-13(4-2-5-13)8-11(16)7-10-3-6-15-9-12(10)14/h3,6,9,11,16H,2,4-5,7-8H2,1H3. The molecule has 3 nitrogen and oxygen atoms in total. The molecular weight excluding hydrogens is 238 g/mol. The molecule has 0 amide bonds. The van der Waals surface area contributed by atoms with Crippen LogP contribution in [-0.2, 0) is 11.2 Å². The molecule has 1 fully saturated rings. The van der Waals surface area contributed by atoms with Gasteiger partial charge in [-0.1, -0.05) is 11.6 Å². The van der Waals surface area contributed by atoms with Gasteiger partial charge in [-0.2, -0.15) is 0 Å². The van der Waals surface area contributed by atoms with Gasteiger partial charge in [-0.25, -0.2) is 0 Å². The van der Waals surface area contributed by atoms with Gasteiger partial charge in [0.05, 0.1) is 16.7 Å². The largest absolute Gasteiger partial charge is 0.393 e. The number of aliphatic hydroxyl groups is 1. The number of rotatable bonds is 5. The molecule has 1 heterocycles. The summed E-state index contributed by atoms with van der Waals surface area (Å²) < 4.78 is 5.51. The zero-order valence-corrected chi connectivity index (χ0v) is 10.8. The maximum absolute atomic E-state index is 10.1. The summed E-state index contributed by atoms with van der Waals surface area (Å²) in [5.41, 5.74) is 0.846. The highest BCUT2D eigenvalue weighted by atomic mass is 35.5. The Hall–Kier alpha value is -0.640. The summed E-state index contributed by atoms with van der Waals surface area (Å²) in [6.45, 7) is 0. The Morgan fingerprint density at radius 3 is 2.88 bits per heavy atom. The van der Waals surface area contributed by atoms with Crippen LogP contribution in [0.2, 0.25) is 5.02 Å². The number of pyridine rings is 1. The molecule has 1 N–H and O–H groups in total. The van der Waals surface area contributed by atoms with E-state index in [2.05, 4.69) is 4.98 Å². The predicted octanol–water partition coefficient (Wildman–Crippen LogP) is 2.60. The monoisotopic (exact) mass is 255 g/mol. The van der Waals surface area contributed by atoms with Gasteiger partial charge in [-0.15, -0.1) is 0 Å². The van der Waals surface area contributed by atoms with Crippen molar-refractivity contribution in [2.24, 2.45) is 0 Å². The fourth-order valence-corrected chi connectivity index (χ4v) is 2.58. The van der Waals surface area contributed by atoms with Crippen molar-refractivity contribution in [3.8, 4) is 0 Å². The molecule has 0 radical (unpaired) electrons. The Morgan fingerprint density at radius 1 is 1.59 bits per heavy atom. The maximum atomic E-state index is 10.1. The third-order valence-corrected chi connectivity index (χ3v) is 3.96. The lowest BCUT2D eigenvalue weighted by molar-refractivity contribution is -0.0989. The Balaban J connectivity index is 1.93. The third kappa shape index (κ3) is 2.97. The molecule has 1 atom stereocenters. The van der Waals surface area contributed by atoms with Crippen molar-refractivity contribution < 1.29 is 9.84 Å². The van der Waals surface area contributed by atoms with Crippen molar-refractivity contribution in [3.63, 3.8) is 0 Å². The minimum Gasteiger partial charge on any atom is -0.393 e. The summed E-state index contributed by atoms with van der Waals surface area (Å²) in [4.78, 5) is 3.93. The molecule has 4 heteroatoms. The van der Waals surface area contributed by atoms with E-state index in [0.717, 1.165) is 18.4 Å². The van der Waals surface area contributed by atoms with E-state index in [1.807, 2.05) is 6.07 Å². The van der Waals surface area contributed by atoms with Gasteiger partial charge in [-0.3, -0.25) is 4.98 Å². The Kier molecular flexibility index (Phi) is 4.02. The van der Waals surface area contributed by atoms with Crippen molar-refractivity contribution in [1.29, 1.82) is 0 Å². The van der Waals surface area contributed by atoms with Gasteiger partial charge in [-0.05, 0) is 30.9 Å². The molecule has 94 valence electrons. The molecule has 0 spiro atoms. The summed E-state index contributed by atoms with van der Waals surface area (Å²) in [6.07, 6.45) is 7.43. The first-order valence-corrected chi connectivity index (χ1v) is 6.35. The molecule has 1 saturated carbocycles. The average Bonchev–Trinajstić information content (AvgIpc) is 2.27. The lowest BCUT2D eigenvalue weighted by Crippen LogP contribution is -2.42. The molecule has 0 aromatic carbocycles. The highest BCUT2D eigenvalue weighted by molar-refractivity contribution is 6.31. The molecule has 1 aliphatic carbocycles. The van der Waals surface area contributed by atoms with Crippen LogP contribution >= 0.6 is 11.6 Å². The number of hydrogen-bond donors (Lipinski definition) is 1. The van der Waals surface area contributed by atoms with Crippen LogP contribution in [0.15, 0.2) is 18.5 Å². The van der Waals surface area contributed by atoms with Gasteiger partial charge in [0.2, 0.25) is 0 Å². The normalized spacial score (nSPS) is 19.7. The van der Waals surface area contributed by atoms with E-state index >= 15 is 0 Å². The second-order valence-electron chi connectivity index (χ2n) is 4.77. The Morgan fingerprint density at radius 2 is 2.35 bits per heavy atom. The first-order valence-electron chi connectivity index (χ1n) is 5.97.